The number of para-hydroxylation sites is 2. The van der Waals surface area contributed by atoms with E-state index in [4.69, 9.17) is 0 Å². The van der Waals surface area contributed by atoms with Crippen LogP contribution in [0.4, 0.5) is 11.4 Å². The van der Waals surface area contributed by atoms with E-state index in [-0.39, 0.29) is 28.0 Å². The average molecular weight is 396 g/mol. The zero-order valence-corrected chi connectivity index (χ0v) is 17.6. The van der Waals surface area contributed by atoms with E-state index in [1.54, 1.807) is 12.2 Å². The minimum Gasteiger partial charge on any atom is -0.358 e. The van der Waals surface area contributed by atoms with Crippen LogP contribution in [-0.4, -0.2) is 17.3 Å². The quantitative estimate of drug-likeness (QED) is 0.440. The highest BCUT2D eigenvalue weighted by molar-refractivity contribution is 6.41. The van der Waals surface area contributed by atoms with Crippen LogP contribution in [0.15, 0.2) is 76.9 Å². The number of rotatable bonds is 2. The fraction of sp³-hybridized carbons (Fsp3) is 0.269. The summed E-state index contributed by atoms with van der Waals surface area (Å²) in [6.07, 6.45) is 3.50. The standard InChI is InChI=1S/C26H24N2O2/c1-25(2)17-9-5-7-11-19(17)27-21(25)13-15-23(29)16(24(15)30)14-22-26(3,4)18-10-6-8-12-20(18)28-22/h5-15,27H,1-4H3/b16-14?,21-13-. The first kappa shape index (κ1) is 18.7. The first-order valence-electron chi connectivity index (χ1n) is 10.3. The number of anilines is 1. The van der Waals surface area contributed by atoms with Crippen LogP contribution in [0.2, 0.25) is 0 Å². The molecule has 30 heavy (non-hydrogen) atoms. The lowest BCUT2D eigenvalue weighted by Gasteiger charge is -2.28. The van der Waals surface area contributed by atoms with Crippen molar-refractivity contribution in [3.63, 3.8) is 0 Å². The molecule has 2 aromatic rings. The van der Waals surface area contributed by atoms with Gasteiger partial charge in [0.15, 0.2) is 11.6 Å². The third kappa shape index (κ3) is 2.49. The Morgan fingerprint density at radius 2 is 1.50 bits per heavy atom. The summed E-state index contributed by atoms with van der Waals surface area (Å²) in [5, 5.41) is 3.39. The Bertz CT molecular complexity index is 1190. The third-order valence-electron chi connectivity index (χ3n) is 6.71. The Labute approximate surface area is 176 Å². The number of aliphatic imine (C=N–C) groups is 1. The number of carbonyl (C=O) groups excluding carboxylic acids is 2. The molecule has 1 saturated carbocycles. The highest BCUT2D eigenvalue weighted by Crippen LogP contribution is 2.45. The molecule has 0 saturated heterocycles. The van der Waals surface area contributed by atoms with Crippen molar-refractivity contribution in [1.82, 2.24) is 0 Å². The fourth-order valence-corrected chi connectivity index (χ4v) is 4.65. The summed E-state index contributed by atoms with van der Waals surface area (Å²) in [6.45, 7) is 8.36. The predicted octanol–water partition coefficient (Wildman–Crippen LogP) is 5.03. The number of benzene rings is 2. The van der Waals surface area contributed by atoms with Gasteiger partial charge in [0.1, 0.15) is 5.92 Å². The van der Waals surface area contributed by atoms with Crippen molar-refractivity contribution in [3.8, 4) is 0 Å². The molecular formula is C26H24N2O2. The van der Waals surface area contributed by atoms with Gasteiger partial charge in [-0.1, -0.05) is 64.1 Å². The molecule has 1 N–H and O–H groups in total. The SMILES string of the molecule is CC1(C)C(C=C2C(=O)C(/C=C3\Nc4ccccc4C3(C)C)C2=O)=Nc2ccccc21. The van der Waals surface area contributed by atoms with E-state index in [1.165, 1.54) is 5.56 Å². The topological polar surface area (TPSA) is 58.5 Å². The Morgan fingerprint density at radius 3 is 2.17 bits per heavy atom. The van der Waals surface area contributed by atoms with Crippen molar-refractivity contribution in [3.05, 3.63) is 83.1 Å². The van der Waals surface area contributed by atoms with Gasteiger partial charge in [0.2, 0.25) is 0 Å². The van der Waals surface area contributed by atoms with Crippen molar-refractivity contribution in [2.45, 2.75) is 38.5 Å². The number of nitrogens with one attached hydrogen (secondary N) is 1. The molecule has 0 bridgehead atoms. The Balaban J connectivity index is 1.43. The lowest BCUT2D eigenvalue weighted by atomic mass is 9.72. The number of allylic oxidation sites excluding steroid dienone is 4. The summed E-state index contributed by atoms with van der Waals surface area (Å²) in [5.74, 6) is -0.981. The number of carbonyl (C=O) groups is 2. The molecule has 150 valence electrons. The van der Waals surface area contributed by atoms with Crippen LogP contribution in [0.25, 0.3) is 0 Å². The molecule has 4 nitrogen and oxygen atoms in total. The normalized spacial score (nSPS) is 24.1. The van der Waals surface area contributed by atoms with Gasteiger partial charge in [0.05, 0.1) is 17.0 Å². The van der Waals surface area contributed by atoms with Gasteiger partial charge in [0, 0.05) is 22.2 Å². The second-order valence-corrected chi connectivity index (χ2v) is 9.28. The van der Waals surface area contributed by atoms with Crippen molar-refractivity contribution in [2.24, 2.45) is 10.9 Å². The molecule has 0 radical (unpaired) electrons. The van der Waals surface area contributed by atoms with Crippen molar-refractivity contribution in [1.29, 1.82) is 0 Å². The summed E-state index contributed by atoms with van der Waals surface area (Å²) in [7, 11) is 0. The number of fused-ring (bicyclic) bond motifs is 2. The highest BCUT2D eigenvalue weighted by atomic mass is 16.2. The second-order valence-electron chi connectivity index (χ2n) is 9.28. The van der Waals surface area contributed by atoms with E-state index in [0.717, 1.165) is 28.3 Å². The summed E-state index contributed by atoms with van der Waals surface area (Å²) in [6, 6.07) is 16.0. The maximum Gasteiger partial charge on any atom is 0.181 e. The minimum absolute atomic E-state index is 0.129. The van der Waals surface area contributed by atoms with Gasteiger partial charge < -0.3 is 5.32 Å². The van der Waals surface area contributed by atoms with Crippen LogP contribution in [-0.2, 0) is 20.4 Å². The van der Waals surface area contributed by atoms with Gasteiger partial charge in [0.25, 0.3) is 0 Å². The van der Waals surface area contributed by atoms with E-state index < -0.39 is 5.92 Å². The zero-order chi connectivity index (χ0) is 21.3. The van der Waals surface area contributed by atoms with E-state index in [9.17, 15) is 9.59 Å². The number of ketones is 2. The van der Waals surface area contributed by atoms with Crippen molar-refractivity contribution in [2.75, 3.05) is 5.32 Å². The molecular weight excluding hydrogens is 372 g/mol. The molecule has 0 aromatic heterocycles. The molecule has 5 rings (SSSR count). The smallest absolute Gasteiger partial charge is 0.181 e. The van der Waals surface area contributed by atoms with E-state index in [1.807, 2.05) is 42.5 Å². The first-order chi connectivity index (χ1) is 14.2. The van der Waals surface area contributed by atoms with Crippen LogP contribution in [0.1, 0.15) is 38.8 Å². The maximum absolute atomic E-state index is 12.9. The van der Waals surface area contributed by atoms with Crippen LogP contribution >= 0.6 is 0 Å². The van der Waals surface area contributed by atoms with Crippen molar-refractivity contribution < 1.29 is 9.59 Å². The van der Waals surface area contributed by atoms with E-state index in [0.29, 0.717) is 0 Å². The maximum atomic E-state index is 12.9. The molecule has 1 fully saturated rings. The van der Waals surface area contributed by atoms with Gasteiger partial charge in [-0.2, -0.15) is 0 Å². The van der Waals surface area contributed by atoms with Gasteiger partial charge in [-0.05, 0) is 35.4 Å². The Kier molecular flexibility index (Phi) is 3.82. The number of Topliss-reactive ketones (excluding diaryl/α,β-unsaturated/α-hetero) is 2. The predicted molar refractivity (Wildman–Crippen MR) is 119 cm³/mol. The second kappa shape index (κ2) is 6.11. The molecule has 3 aliphatic rings. The van der Waals surface area contributed by atoms with Crippen LogP contribution < -0.4 is 5.32 Å². The summed E-state index contributed by atoms with van der Waals surface area (Å²) >= 11 is 0. The molecule has 2 heterocycles. The Morgan fingerprint density at radius 1 is 0.867 bits per heavy atom. The third-order valence-corrected chi connectivity index (χ3v) is 6.71. The fourth-order valence-electron chi connectivity index (χ4n) is 4.65. The molecule has 0 unspecified atom stereocenters. The summed E-state index contributed by atoms with van der Waals surface area (Å²) < 4.78 is 0. The molecule has 0 atom stereocenters. The molecule has 2 aromatic carbocycles. The van der Waals surface area contributed by atoms with Crippen LogP contribution in [0.3, 0.4) is 0 Å². The molecule has 2 aliphatic heterocycles. The average Bonchev–Trinajstić information content (AvgIpc) is 3.14. The number of hydrogen-bond donors (Lipinski definition) is 1. The number of nitrogens with zero attached hydrogens (tertiary/aromatic N) is 1. The summed E-state index contributed by atoms with van der Waals surface area (Å²) in [5.41, 5.74) is 5.55. The zero-order valence-electron chi connectivity index (χ0n) is 17.6. The first-order valence-corrected chi connectivity index (χ1v) is 10.3. The number of hydrogen-bond acceptors (Lipinski definition) is 4. The highest BCUT2D eigenvalue weighted by Gasteiger charge is 2.46. The lowest BCUT2D eigenvalue weighted by molar-refractivity contribution is -0.134. The monoisotopic (exact) mass is 396 g/mol. The largest absolute Gasteiger partial charge is 0.358 e. The minimum atomic E-state index is -0.722. The lowest BCUT2D eigenvalue weighted by Crippen LogP contribution is -2.41. The van der Waals surface area contributed by atoms with E-state index in [2.05, 4.69) is 44.1 Å². The van der Waals surface area contributed by atoms with Gasteiger partial charge in [-0.3, -0.25) is 14.6 Å². The van der Waals surface area contributed by atoms with E-state index >= 15 is 0 Å². The molecule has 4 heteroatoms. The summed E-state index contributed by atoms with van der Waals surface area (Å²) in [4.78, 5) is 30.5. The molecule has 0 amide bonds. The molecule has 0 spiro atoms. The van der Waals surface area contributed by atoms with Crippen LogP contribution in [0, 0.1) is 5.92 Å². The van der Waals surface area contributed by atoms with Gasteiger partial charge >= 0.3 is 0 Å². The molecule has 1 aliphatic carbocycles. The van der Waals surface area contributed by atoms with Crippen LogP contribution in [0.5, 0.6) is 0 Å². The van der Waals surface area contributed by atoms with Crippen molar-refractivity contribution >= 4 is 28.7 Å². The Hall–Kier alpha value is -3.27. The van der Waals surface area contributed by atoms with Gasteiger partial charge in [-0.15, -0.1) is 0 Å². The van der Waals surface area contributed by atoms with Gasteiger partial charge in [-0.25, -0.2) is 0 Å².